The van der Waals surface area contributed by atoms with E-state index in [1.165, 1.54) is 12.2 Å². The highest BCUT2D eigenvalue weighted by Crippen LogP contribution is 2.23. The maximum atomic E-state index is 11.4. The largest absolute Gasteiger partial charge is 0.475 e. The lowest BCUT2D eigenvalue weighted by atomic mass is 10.1. The molecule has 102 valence electrons. The summed E-state index contributed by atoms with van der Waals surface area (Å²) in [5, 5.41) is 9.82. The molecule has 0 radical (unpaired) electrons. The Bertz CT molecular complexity index is 730. The molecule has 0 unspecified atom stereocenters. The number of Topliss-reactive ketones (excluding diaryl/α,β-unsaturated/α-hetero) is 1. The van der Waals surface area contributed by atoms with Crippen molar-refractivity contribution in [3.8, 4) is 0 Å². The van der Waals surface area contributed by atoms with Crippen LogP contribution < -0.4 is 0 Å². The normalized spacial score (nSPS) is 11.1. The van der Waals surface area contributed by atoms with Gasteiger partial charge in [0.1, 0.15) is 0 Å². The molecule has 0 amide bonds. The smallest absolute Gasteiger partial charge is 0.372 e. The highest BCUT2D eigenvalue weighted by molar-refractivity contribution is 6.37. The highest BCUT2D eigenvalue weighted by atomic mass is 35.5. The number of hydrogen-bond donors (Lipinski definition) is 2. The number of nitrogens with one attached hydrogen (secondary N) is 1. The fourth-order valence-corrected chi connectivity index (χ4v) is 1.90. The molecule has 1 aromatic heterocycles. The number of allylic oxidation sites excluding steroid dienone is 1. The molecule has 0 bridgehead atoms. The summed E-state index contributed by atoms with van der Waals surface area (Å²) in [6.45, 7) is 0. The lowest BCUT2D eigenvalue weighted by Crippen LogP contribution is -2.15. The first-order valence-corrected chi connectivity index (χ1v) is 6.09. The summed E-state index contributed by atoms with van der Waals surface area (Å²) < 4.78 is 0. The number of halogens is 1. The van der Waals surface area contributed by atoms with Crippen molar-refractivity contribution >= 4 is 46.1 Å². The Balaban J connectivity index is 2.17. The average Bonchev–Trinajstić information content (AvgIpc) is 2.78. The van der Waals surface area contributed by atoms with Crippen molar-refractivity contribution < 1.29 is 19.5 Å². The Morgan fingerprint density at radius 2 is 2.05 bits per heavy atom. The van der Waals surface area contributed by atoms with Gasteiger partial charge in [-0.15, -0.1) is 0 Å². The number of carboxylic acids is 1. The van der Waals surface area contributed by atoms with Crippen molar-refractivity contribution in [3.05, 3.63) is 41.1 Å². The summed E-state index contributed by atoms with van der Waals surface area (Å²) >= 11 is 5.90. The molecule has 0 spiro atoms. The molecule has 0 aliphatic carbocycles. The van der Waals surface area contributed by atoms with Gasteiger partial charge in [0.2, 0.25) is 5.78 Å². The molecular weight excluding hydrogens is 282 g/mol. The van der Waals surface area contributed by atoms with Crippen LogP contribution >= 0.6 is 11.6 Å². The van der Waals surface area contributed by atoms with E-state index >= 15 is 0 Å². The van der Waals surface area contributed by atoms with E-state index in [0.29, 0.717) is 5.02 Å². The van der Waals surface area contributed by atoms with Gasteiger partial charge in [-0.25, -0.2) is 4.79 Å². The van der Waals surface area contributed by atoms with E-state index in [9.17, 15) is 14.4 Å². The number of carboxylic acid groups (broad SMARTS) is 1. The van der Waals surface area contributed by atoms with E-state index in [4.69, 9.17) is 16.7 Å². The summed E-state index contributed by atoms with van der Waals surface area (Å²) in [5.41, 5.74) is 1.60. The quantitative estimate of drug-likeness (QED) is 0.503. The zero-order valence-electron chi connectivity index (χ0n) is 10.2. The van der Waals surface area contributed by atoms with Gasteiger partial charge >= 0.3 is 5.97 Å². The lowest BCUT2D eigenvalue weighted by Gasteiger charge is -1.94. The summed E-state index contributed by atoms with van der Waals surface area (Å²) in [7, 11) is 0. The summed E-state index contributed by atoms with van der Waals surface area (Å²) in [5.74, 6) is -3.29. The SMILES string of the molecule is O=C(/C=C/c1c[nH]c2ccc(Cl)cc12)CC(=O)C(=O)O. The van der Waals surface area contributed by atoms with Crippen molar-refractivity contribution in [3.63, 3.8) is 0 Å². The third-order valence-corrected chi connectivity index (χ3v) is 2.93. The molecule has 6 heteroatoms. The van der Waals surface area contributed by atoms with E-state index in [1.54, 1.807) is 18.3 Å². The van der Waals surface area contributed by atoms with Crippen LogP contribution in [0, 0.1) is 0 Å². The third kappa shape index (κ3) is 3.13. The maximum absolute atomic E-state index is 11.4. The molecule has 1 heterocycles. The van der Waals surface area contributed by atoms with E-state index in [1.807, 2.05) is 6.07 Å². The monoisotopic (exact) mass is 291 g/mol. The van der Waals surface area contributed by atoms with Crippen molar-refractivity contribution in [1.82, 2.24) is 4.98 Å². The molecule has 2 aromatic rings. The molecule has 0 fully saturated rings. The Hall–Kier alpha value is -2.40. The number of H-pyrrole nitrogens is 1. The predicted molar refractivity (Wildman–Crippen MR) is 74.6 cm³/mol. The minimum absolute atomic E-state index is 0.561. The molecule has 0 saturated heterocycles. The molecule has 0 aliphatic rings. The summed E-state index contributed by atoms with van der Waals surface area (Å²) in [6, 6.07) is 5.30. The number of carbonyl (C=O) groups excluding carboxylic acids is 2. The first kappa shape index (κ1) is 14.0. The van der Waals surface area contributed by atoms with Crippen molar-refractivity contribution in [2.45, 2.75) is 6.42 Å². The molecule has 20 heavy (non-hydrogen) atoms. The van der Waals surface area contributed by atoms with Crippen molar-refractivity contribution in [2.24, 2.45) is 0 Å². The standard InChI is InChI=1S/C14H10ClNO4/c15-9-2-4-12-11(5-9)8(7-16-12)1-3-10(17)6-13(18)14(19)20/h1-5,7,16H,6H2,(H,19,20)/b3-1+. The predicted octanol–water partition coefficient (Wildman–Crippen LogP) is 2.45. The number of fused-ring (bicyclic) bond motifs is 1. The van der Waals surface area contributed by atoms with E-state index < -0.39 is 24.0 Å². The number of aromatic amines is 1. The second kappa shape index (κ2) is 5.71. The Morgan fingerprint density at radius 1 is 1.30 bits per heavy atom. The fourth-order valence-electron chi connectivity index (χ4n) is 1.73. The van der Waals surface area contributed by atoms with E-state index in [-0.39, 0.29) is 0 Å². The molecule has 0 atom stereocenters. The van der Waals surface area contributed by atoms with E-state index in [0.717, 1.165) is 16.5 Å². The number of rotatable bonds is 5. The first-order valence-electron chi connectivity index (χ1n) is 5.71. The van der Waals surface area contributed by atoms with Crippen molar-refractivity contribution in [1.29, 1.82) is 0 Å². The van der Waals surface area contributed by atoms with Gasteiger partial charge in [0, 0.05) is 22.1 Å². The van der Waals surface area contributed by atoms with Gasteiger partial charge in [0.25, 0.3) is 0 Å². The maximum Gasteiger partial charge on any atom is 0.372 e. The minimum Gasteiger partial charge on any atom is -0.475 e. The zero-order valence-corrected chi connectivity index (χ0v) is 11.0. The number of aromatic nitrogens is 1. The van der Waals surface area contributed by atoms with Gasteiger partial charge in [-0.3, -0.25) is 9.59 Å². The topological polar surface area (TPSA) is 87.2 Å². The third-order valence-electron chi connectivity index (χ3n) is 2.70. The van der Waals surface area contributed by atoms with Crippen LogP contribution in [-0.4, -0.2) is 27.6 Å². The molecule has 2 N–H and O–H groups in total. The average molecular weight is 292 g/mol. The van der Waals surface area contributed by atoms with Crippen LogP contribution in [0.25, 0.3) is 17.0 Å². The highest BCUT2D eigenvalue weighted by Gasteiger charge is 2.14. The lowest BCUT2D eigenvalue weighted by molar-refractivity contribution is -0.149. The van der Waals surface area contributed by atoms with Gasteiger partial charge in [0.05, 0.1) is 6.42 Å². The summed E-state index contributed by atoms with van der Waals surface area (Å²) in [4.78, 5) is 35.7. The van der Waals surface area contributed by atoms with Crippen LogP contribution in [0.5, 0.6) is 0 Å². The van der Waals surface area contributed by atoms with Gasteiger partial charge in [0.15, 0.2) is 5.78 Å². The number of hydrogen-bond acceptors (Lipinski definition) is 3. The van der Waals surface area contributed by atoms with Gasteiger partial charge < -0.3 is 10.1 Å². The van der Waals surface area contributed by atoms with Crippen LogP contribution in [-0.2, 0) is 14.4 Å². The number of aliphatic carboxylic acids is 1. The zero-order chi connectivity index (χ0) is 14.7. The van der Waals surface area contributed by atoms with Gasteiger partial charge in [-0.05, 0) is 35.9 Å². The van der Waals surface area contributed by atoms with Gasteiger partial charge in [-0.2, -0.15) is 0 Å². The molecule has 0 aliphatic heterocycles. The molecule has 0 saturated carbocycles. The van der Waals surface area contributed by atoms with E-state index in [2.05, 4.69) is 4.98 Å². The molecule has 2 rings (SSSR count). The second-order valence-electron chi connectivity index (χ2n) is 4.14. The van der Waals surface area contributed by atoms with Crippen LogP contribution in [0.4, 0.5) is 0 Å². The molecular formula is C14H10ClNO4. The van der Waals surface area contributed by atoms with Gasteiger partial charge in [-0.1, -0.05) is 11.6 Å². The van der Waals surface area contributed by atoms with Crippen LogP contribution in [0.3, 0.4) is 0 Å². The molecule has 1 aromatic carbocycles. The number of carbonyl (C=O) groups is 3. The number of ketones is 2. The summed E-state index contributed by atoms with van der Waals surface area (Å²) in [6.07, 6.45) is 3.76. The van der Waals surface area contributed by atoms with Crippen LogP contribution in [0.2, 0.25) is 5.02 Å². The Labute approximate surface area is 118 Å². The second-order valence-corrected chi connectivity index (χ2v) is 4.58. The van der Waals surface area contributed by atoms with Crippen molar-refractivity contribution in [2.75, 3.05) is 0 Å². The fraction of sp³-hybridized carbons (Fsp3) is 0.0714. The molecule has 5 nitrogen and oxygen atoms in total. The first-order chi connectivity index (χ1) is 9.47. The Kier molecular flexibility index (Phi) is 4.00. The minimum atomic E-state index is -1.61. The number of benzene rings is 1. The Morgan fingerprint density at radius 3 is 2.75 bits per heavy atom. The van der Waals surface area contributed by atoms with Crippen LogP contribution in [0.1, 0.15) is 12.0 Å². The van der Waals surface area contributed by atoms with Crippen LogP contribution in [0.15, 0.2) is 30.5 Å².